The number of nitrogens with zero attached hydrogens (tertiary/aromatic N) is 1. The van der Waals surface area contributed by atoms with Gasteiger partial charge in [-0.15, -0.1) is 0 Å². The zero-order chi connectivity index (χ0) is 25.2. The molecule has 1 aliphatic heterocycles. The van der Waals surface area contributed by atoms with Gasteiger partial charge in [0.15, 0.2) is 12.4 Å². The van der Waals surface area contributed by atoms with Crippen LogP contribution in [0.2, 0.25) is 0 Å². The van der Waals surface area contributed by atoms with Gasteiger partial charge in [-0.05, 0) is 55.7 Å². The molecule has 1 fully saturated rings. The number of aryl methyl sites for hydroxylation is 1. The van der Waals surface area contributed by atoms with Gasteiger partial charge in [-0.2, -0.15) is 0 Å². The molecule has 0 bridgehead atoms. The zero-order valence-corrected chi connectivity index (χ0v) is 21.0. The van der Waals surface area contributed by atoms with E-state index in [0.717, 1.165) is 57.1 Å². The van der Waals surface area contributed by atoms with Crippen molar-refractivity contribution >= 4 is 17.5 Å². The standard InChI is InChI=1S/C29H38N2O5/c32-25-15-14-23(29-28(25)30-26(33)21-36-29)11-5-2-8-18-31(24-12-6-7-13-24)27(34)17-20-35-19-16-22-9-3-1-4-10-22/h1,3-4,9-10,14-15,24,32H,2,5-8,11-13,16-21H2,(H,30,33). The maximum absolute atomic E-state index is 13.0. The predicted octanol–water partition coefficient (Wildman–Crippen LogP) is 4.86. The van der Waals surface area contributed by atoms with E-state index in [2.05, 4.69) is 22.3 Å². The molecule has 2 aromatic rings. The second kappa shape index (κ2) is 13.3. The summed E-state index contributed by atoms with van der Waals surface area (Å²) in [7, 11) is 0. The Morgan fingerprint density at radius 3 is 2.64 bits per heavy atom. The number of aromatic hydroxyl groups is 1. The number of unbranched alkanes of at least 4 members (excludes halogenated alkanes) is 2. The first-order valence-corrected chi connectivity index (χ1v) is 13.3. The molecule has 0 saturated heterocycles. The highest BCUT2D eigenvalue weighted by atomic mass is 16.5. The Hall–Kier alpha value is -3.06. The van der Waals surface area contributed by atoms with Crippen molar-refractivity contribution in [3.63, 3.8) is 0 Å². The molecule has 0 atom stereocenters. The number of anilines is 1. The third kappa shape index (κ3) is 7.23. The molecular weight excluding hydrogens is 456 g/mol. The van der Waals surface area contributed by atoms with Gasteiger partial charge in [0.05, 0.1) is 19.6 Å². The Kier molecular flexibility index (Phi) is 9.61. The molecule has 2 aliphatic rings. The third-order valence-corrected chi connectivity index (χ3v) is 7.10. The minimum Gasteiger partial charge on any atom is -0.506 e. The lowest BCUT2D eigenvalue weighted by atomic mass is 10.0. The van der Waals surface area contributed by atoms with Gasteiger partial charge in [-0.1, -0.05) is 55.7 Å². The summed E-state index contributed by atoms with van der Waals surface area (Å²) in [5.74, 6) is 0.549. The third-order valence-electron chi connectivity index (χ3n) is 7.10. The SMILES string of the molecule is O=C1COc2c(CCCCCN(C(=O)CCOCCc3ccccc3)C3CCCC3)ccc(O)c2N1. The van der Waals surface area contributed by atoms with Gasteiger partial charge < -0.3 is 24.8 Å². The van der Waals surface area contributed by atoms with Crippen LogP contribution in [-0.4, -0.2) is 54.2 Å². The molecule has 7 heteroatoms. The van der Waals surface area contributed by atoms with Crippen LogP contribution in [0.1, 0.15) is 62.5 Å². The number of fused-ring (bicyclic) bond motifs is 1. The molecule has 1 heterocycles. The number of hydrogen-bond acceptors (Lipinski definition) is 5. The topological polar surface area (TPSA) is 88.1 Å². The summed E-state index contributed by atoms with van der Waals surface area (Å²) < 4.78 is 11.4. The quantitative estimate of drug-likeness (QED) is 0.307. The minimum atomic E-state index is -0.256. The van der Waals surface area contributed by atoms with Crippen LogP contribution >= 0.6 is 0 Å². The van der Waals surface area contributed by atoms with Crippen LogP contribution in [-0.2, 0) is 27.2 Å². The van der Waals surface area contributed by atoms with Gasteiger partial charge in [-0.25, -0.2) is 0 Å². The van der Waals surface area contributed by atoms with E-state index in [1.807, 2.05) is 24.3 Å². The van der Waals surface area contributed by atoms with Gasteiger partial charge >= 0.3 is 0 Å². The van der Waals surface area contributed by atoms with E-state index >= 15 is 0 Å². The molecule has 0 aromatic heterocycles. The van der Waals surface area contributed by atoms with Crippen molar-refractivity contribution in [3.05, 3.63) is 53.6 Å². The summed E-state index contributed by atoms with van der Waals surface area (Å²) in [6, 6.07) is 14.1. The van der Waals surface area contributed by atoms with Crippen LogP contribution in [0.25, 0.3) is 0 Å². The van der Waals surface area contributed by atoms with Crippen molar-refractivity contribution < 1.29 is 24.2 Å². The van der Waals surface area contributed by atoms with Gasteiger partial charge in [0.25, 0.3) is 5.91 Å². The van der Waals surface area contributed by atoms with Gasteiger partial charge in [0.2, 0.25) is 5.91 Å². The normalized spacial score (nSPS) is 15.3. The molecule has 2 N–H and O–H groups in total. The van der Waals surface area contributed by atoms with E-state index in [1.54, 1.807) is 6.07 Å². The molecule has 2 aromatic carbocycles. The Labute approximate surface area is 213 Å². The van der Waals surface area contributed by atoms with Crippen molar-refractivity contribution in [1.29, 1.82) is 0 Å². The molecule has 194 valence electrons. The Bertz CT molecular complexity index is 1000. The Morgan fingerprint density at radius 2 is 1.83 bits per heavy atom. The number of phenolic OH excluding ortho intramolecular Hbond substituents is 1. The fraction of sp³-hybridized carbons (Fsp3) is 0.517. The second-order valence-corrected chi connectivity index (χ2v) is 9.72. The van der Waals surface area contributed by atoms with E-state index in [-0.39, 0.29) is 24.2 Å². The van der Waals surface area contributed by atoms with Crippen LogP contribution in [0.5, 0.6) is 11.5 Å². The van der Waals surface area contributed by atoms with E-state index in [0.29, 0.717) is 37.1 Å². The Balaban J connectivity index is 1.19. The Morgan fingerprint density at radius 1 is 1.03 bits per heavy atom. The van der Waals surface area contributed by atoms with Gasteiger partial charge in [-0.3, -0.25) is 9.59 Å². The summed E-state index contributed by atoms with van der Waals surface area (Å²) in [5.41, 5.74) is 2.60. The molecule has 0 spiro atoms. The van der Waals surface area contributed by atoms with E-state index in [4.69, 9.17) is 9.47 Å². The number of carbonyl (C=O) groups excluding carboxylic acids is 2. The summed E-state index contributed by atoms with van der Waals surface area (Å²) in [6.07, 6.45) is 9.59. The fourth-order valence-electron chi connectivity index (χ4n) is 5.15. The van der Waals surface area contributed by atoms with Crippen LogP contribution in [0.15, 0.2) is 42.5 Å². The first-order valence-electron chi connectivity index (χ1n) is 13.3. The smallest absolute Gasteiger partial charge is 0.262 e. The fourth-order valence-corrected chi connectivity index (χ4v) is 5.15. The molecule has 0 radical (unpaired) electrons. The number of phenols is 1. The largest absolute Gasteiger partial charge is 0.506 e. The number of hydrogen-bond donors (Lipinski definition) is 2. The van der Waals surface area contributed by atoms with E-state index in [1.165, 1.54) is 18.4 Å². The predicted molar refractivity (Wildman–Crippen MR) is 139 cm³/mol. The van der Waals surface area contributed by atoms with Gasteiger partial charge in [0, 0.05) is 12.6 Å². The number of carbonyl (C=O) groups is 2. The number of nitrogens with one attached hydrogen (secondary N) is 1. The summed E-state index contributed by atoms with van der Waals surface area (Å²) >= 11 is 0. The minimum absolute atomic E-state index is 0.0246. The second-order valence-electron chi connectivity index (χ2n) is 9.72. The van der Waals surface area contributed by atoms with Crippen molar-refractivity contribution in [2.45, 2.75) is 70.3 Å². The molecule has 7 nitrogen and oxygen atoms in total. The van der Waals surface area contributed by atoms with Crippen molar-refractivity contribution in [2.75, 3.05) is 31.7 Å². The highest BCUT2D eigenvalue weighted by molar-refractivity contribution is 5.97. The number of rotatable bonds is 13. The first-order chi connectivity index (χ1) is 17.6. The van der Waals surface area contributed by atoms with E-state index < -0.39 is 0 Å². The molecule has 0 unspecified atom stereocenters. The monoisotopic (exact) mass is 494 g/mol. The van der Waals surface area contributed by atoms with Gasteiger partial charge in [0.1, 0.15) is 11.4 Å². The van der Waals surface area contributed by atoms with Crippen LogP contribution < -0.4 is 10.1 Å². The highest BCUT2D eigenvalue weighted by Gasteiger charge is 2.26. The maximum Gasteiger partial charge on any atom is 0.262 e. The van der Waals surface area contributed by atoms with Crippen molar-refractivity contribution in [3.8, 4) is 11.5 Å². The lowest BCUT2D eigenvalue weighted by Crippen LogP contribution is -2.40. The van der Waals surface area contributed by atoms with Crippen molar-refractivity contribution in [2.24, 2.45) is 0 Å². The van der Waals surface area contributed by atoms with Crippen LogP contribution in [0.4, 0.5) is 5.69 Å². The molecule has 1 aliphatic carbocycles. The van der Waals surface area contributed by atoms with E-state index in [9.17, 15) is 14.7 Å². The average molecular weight is 495 g/mol. The lowest BCUT2D eigenvalue weighted by molar-refractivity contribution is -0.134. The average Bonchev–Trinajstić information content (AvgIpc) is 3.42. The van der Waals surface area contributed by atoms with Crippen LogP contribution in [0.3, 0.4) is 0 Å². The number of ether oxygens (including phenoxy) is 2. The number of amides is 2. The first kappa shape index (κ1) is 26.0. The maximum atomic E-state index is 13.0. The lowest BCUT2D eigenvalue weighted by Gasteiger charge is -2.29. The number of benzene rings is 2. The highest BCUT2D eigenvalue weighted by Crippen LogP contribution is 2.39. The summed E-state index contributed by atoms with van der Waals surface area (Å²) in [6.45, 7) is 1.86. The molecular formula is C29H38N2O5. The molecule has 2 amide bonds. The molecule has 36 heavy (non-hydrogen) atoms. The summed E-state index contributed by atoms with van der Waals surface area (Å²) in [5, 5.41) is 12.7. The zero-order valence-electron chi connectivity index (χ0n) is 21.0. The summed E-state index contributed by atoms with van der Waals surface area (Å²) in [4.78, 5) is 26.7. The molecule has 1 saturated carbocycles. The van der Waals surface area contributed by atoms with Crippen molar-refractivity contribution in [1.82, 2.24) is 4.90 Å². The van der Waals surface area contributed by atoms with Crippen LogP contribution in [0, 0.1) is 0 Å². The molecule has 4 rings (SSSR count).